The second-order valence-electron chi connectivity index (χ2n) is 4.77. The van der Waals surface area contributed by atoms with Gasteiger partial charge in [0.05, 0.1) is 12.5 Å². The molecule has 0 N–H and O–H groups in total. The molecule has 0 bridgehead atoms. The highest BCUT2D eigenvalue weighted by Crippen LogP contribution is 2.38. The van der Waals surface area contributed by atoms with E-state index in [1.165, 1.54) is 18.3 Å². The third-order valence-corrected chi connectivity index (χ3v) is 4.58. The van der Waals surface area contributed by atoms with Gasteiger partial charge in [0.2, 0.25) is 5.88 Å². The Hall–Kier alpha value is -2.47. The van der Waals surface area contributed by atoms with Gasteiger partial charge in [0.25, 0.3) is 0 Å². The van der Waals surface area contributed by atoms with Crippen molar-refractivity contribution in [3.05, 3.63) is 40.5 Å². The van der Waals surface area contributed by atoms with Crippen molar-refractivity contribution >= 4 is 27.8 Å². The number of fused-ring (bicyclic) bond motifs is 1. The number of thiophene rings is 1. The molecule has 0 fully saturated rings. The quantitative estimate of drug-likeness (QED) is 0.683. The average molecular weight is 314 g/mol. The van der Waals surface area contributed by atoms with Crippen molar-refractivity contribution in [1.82, 2.24) is 9.97 Å². The maximum atomic E-state index is 10.9. The zero-order chi connectivity index (χ0) is 15.7. The Balaban J connectivity index is 2.09. The topological polar surface area (TPSA) is 61.3 Å². The predicted octanol–water partition coefficient (Wildman–Crippen LogP) is 3.92. The molecular weight excluding hydrogens is 300 g/mol. The Morgan fingerprint density at radius 1 is 1.18 bits per heavy atom. The molecule has 0 amide bonds. The first-order valence-electron chi connectivity index (χ1n) is 6.65. The lowest BCUT2D eigenvalue weighted by atomic mass is 10.2. The van der Waals surface area contributed by atoms with E-state index >= 15 is 0 Å². The smallest absolute Gasteiger partial charge is 0.231 e. The molecule has 2 heterocycles. The number of carbonyl (C=O) groups is 1. The summed E-state index contributed by atoms with van der Waals surface area (Å²) >= 11 is 1.61. The minimum absolute atomic E-state index is 0.487. The highest BCUT2D eigenvalue weighted by Gasteiger charge is 2.15. The van der Waals surface area contributed by atoms with E-state index in [2.05, 4.69) is 9.97 Å². The first kappa shape index (κ1) is 14.5. The number of methoxy groups -OCH3 is 1. The number of aldehydes is 1. The zero-order valence-electron chi connectivity index (χ0n) is 12.4. The SMILES string of the molecule is COc1cc(C=O)ccc1Oc1ncnc2sc(C)c(C)c12. The summed E-state index contributed by atoms with van der Waals surface area (Å²) < 4.78 is 11.2. The van der Waals surface area contributed by atoms with Crippen LogP contribution >= 0.6 is 11.3 Å². The van der Waals surface area contributed by atoms with Gasteiger partial charge in [0, 0.05) is 10.4 Å². The minimum atomic E-state index is 0.487. The molecule has 0 atom stereocenters. The third-order valence-electron chi connectivity index (χ3n) is 3.46. The summed E-state index contributed by atoms with van der Waals surface area (Å²) in [6.07, 6.45) is 2.25. The summed E-state index contributed by atoms with van der Waals surface area (Å²) in [4.78, 5) is 21.5. The number of hydrogen-bond donors (Lipinski definition) is 0. The molecule has 22 heavy (non-hydrogen) atoms. The van der Waals surface area contributed by atoms with Crippen LogP contribution in [0.25, 0.3) is 10.2 Å². The highest BCUT2D eigenvalue weighted by molar-refractivity contribution is 7.18. The van der Waals surface area contributed by atoms with E-state index < -0.39 is 0 Å². The van der Waals surface area contributed by atoms with E-state index in [4.69, 9.17) is 9.47 Å². The van der Waals surface area contributed by atoms with Crippen LogP contribution in [-0.4, -0.2) is 23.4 Å². The van der Waals surface area contributed by atoms with Gasteiger partial charge in [-0.3, -0.25) is 4.79 Å². The second kappa shape index (κ2) is 5.73. The van der Waals surface area contributed by atoms with Gasteiger partial charge in [-0.2, -0.15) is 0 Å². The van der Waals surface area contributed by atoms with Crippen LogP contribution in [-0.2, 0) is 0 Å². The molecule has 112 valence electrons. The molecule has 0 radical (unpaired) electrons. The Morgan fingerprint density at radius 3 is 2.73 bits per heavy atom. The van der Waals surface area contributed by atoms with Crippen molar-refractivity contribution in [2.24, 2.45) is 0 Å². The van der Waals surface area contributed by atoms with Gasteiger partial charge in [-0.25, -0.2) is 9.97 Å². The lowest BCUT2D eigenvalue weighted by Gasteiger charge is -2.10. The molecule has 1 aromatic carbocycles. The summed E-state index contributed by atoms with van der Waals surface area (Å²) in [5, 5.41) is 0.909. The van der Waals surface area contributed by atoms with Crippen LogP contribution in [0.3, 0.4) is 0 Å². The fraction of sp³-hybridized carbons (Fsp3) is 0.188. The largest absolute Gasteiger partial charge is 0.493 e. The molecule has 0 unspecified atom stereocenters. The van der Waals surface area contributed by atoms with E-state index in [1.807, 2.05) is 13.8 Å². The number of carbonyl (C=O) groups excluding carboxylic acids is 1. The maximum Gasteiger partial charge on any atom is 0.231 e. The molecule has 6 heteroatoms. The molecular formula is C16H14N2O3S. The van der Waals surface area contributed by atoms with Crippen LogP contribution in [0.4, 0.5) is 0 Å². The Kier molecular flexibility index (Phi) is 3.77. The Bertz CT molecular complexity index is 858. The lowest BCUT2D eigenvalue weighted by Crippen LogP contribution is -1.95. The molecule has 3 rings (SSSR count). The molecule has 0 saturated heterocycles. The van der Waals surface area contributed by atoms with E-state index in [1.54, 1.807) is 29.5 Å². The molecule has 0 spiro atoms. The standard InChI is InChI=1S/C16H14N2O3S/c1-9-10(2)22-16-14(9)15(17-8-18-16)21-12-5-4-11(7-19)6-13(12)20-3/h4-8H,1-3H3. The molecule has 0 saturated carbocycles. The number of hydrogen-bond acceptors (Lipinski definition) is 6. The fourth-order valence-corrected chi connectivity index (χ4v) is 3.16. The number of ether oxygens (including phenoxy) is 2. The lowest BCUT2D eigenvalue weighted by molar-refractivity contribution is 0.112. The van der Waals surface area contributed by atoms with E-state index in [-0.39, 0.29) is 0 Å². The van der Waals surface area contributed by atoms with Gasteiger partial charge in [-0.05, 0) is 37.6 Å². The third kappa shape index (κ3) is 2.42. The summed E-state index contributed by atoms with van der Waals surface area (Å²) in [6, 6.07) is 5.01. The van der Waals surface area contributed by atoms with Gasteiger partial charge in [-0.15, -0.1) is 11.3 Å². The molecule has 3 aromatic rings. The van der Waals surface area contributed by atoms with Crippen molar-refractivity contribution < 1.29 is 14.3 Å². The normalized spacial score (nSPS) is 10.7. The molecule has 0 aliphatic heterocycles. The predicted molar refractivity (Wildman–Crippen MR) is 85.3 cm³/mol. The van der Waals surface area contributed by atoms with Crippen LogP contribution in [0.2, 0.25) is 0 Å². The van der Waals surface area contributed by atoms with Gasteiger partial charge in [0.1, 0.15) is 17.4 Å². The fourth-order valence-electron chi connectivity index (χ4n) is 2.17. The number of aromatic nitrogens is 2. The summed E-state index contributed by atoms with van der Waals surface area (Å²) in [5.74, 6) is 1.49. The molecule has 5 nitrogen and oxygen atoms in total. The monoisotopic (exact) mass is 314 g/mol. The van der Waals surface area contributed by atoms with Crippen molar-refractivity contribution in [2.45, 2.75) is 13.8 Å². The number of rotatable bonds is 4. The van der Waals surface area contributed by atoms with Gasteiger partial charge >= 0.3 is 0 Å². The van der Waals surface area contributed by atoms with Gasteiger partial charge in [0.15, 0.2) is 11.5 Å². The van der Waals surface area contributed by atoms with Crippen LogP contribution in [0.1, 0.15) is 20.8 Å². The van der Waals surface area contributed by atoms with Gasteiger partial charge in [-0.1, -0.05) is 0 Å². The number of nitrogens with zero attached hydrogens (tertiary/aromatic N) is 2. The van der Waals surface area contributed by atoms with Crippen molar-refractivity contribution in [3.8, 4) is 17.4 Å². The number of aryl methyl sites for hydroxylation is 2. The minimum Gasteiger partial charge on any atom is -0.493 e. The van der Waals surface area contributed by atoms with E-state index in [9.17, 15) is 4.79 Å². The van der Waals surface area contributed by atoms with E-state index in [0.717, 1.165) is 22.1 Å². The maximum absolute atomic E-state index is 10.9. The van der Waals surface area contributed by atoms with Crippen LogP contribution in [0, 0.1) is 13.8 Å². The van der Waals surface area contributed by atoms with Crippen LogP contribution < -0.4 is 9.47 Å². The Morgan fingerprint density at radius 2 is 2.00 bits per heavy atom. The Labute approximate surface area is 131 Å². The molecule has 0 aliphatic carbocycles. The zero-order valence-corrected chi connectivity index (χ0v) is 13.2. The summed E-state index contributed by atoms with van der Waals surface area (Å²) in [6.45, 7) is 4.07. The molecule has 0 aliphatic rings. The summed E-state index contributed by atoms with van der Waals surface area (Å²) in [5.41, 5.74) is 1.64. The molecule has 2 aromatic heterocycles. The number of benzene rings is 1. The average Bonchev–Trinajstić information content (AvgIpc) is 2.83. The van der Waals surface area contributed by atoms with Crippen molar-refractivity contribution in [1.29, 1.82) is 0 Å². The van der Waals surface area contributed by atoms with E-state index in [0.29, 0.717) is 22.9 Å². The van der Waals surface area contributed by atoms with Crippen LogP contribution in [0.5, 0.6) is 17.4 Å². The second-order valence-corrected chi connectivity index (χ2v) is 5.98. The first-order chi connectivity index (χ1) is 10.6. The van der Waals surface area contributed by atoms with Crippen molar-refractivity contribution in [3.63, 3.8) is 0 Å². The van der Waals surface area contributed by atoms with Crippen LogP contribution in [0.15, 0.2) is 24.5 Å². The summed E-state index contributed by atoms with van der Waals surface area (Å²) in [7, 11) is 1.53. The van der Waals surface area contributed by atoms with Crippen molar-refractivity contribution in [2.75, 3.05) is 7.11 Å². The highest BCUT2D eigenvalue weighted by atomic mass is 32.1. The van der Waals surface area contributed by atoms with Gasteiger partial charge < -0.3 is 9.47 Å². The first-order valence-corrected chi connectivity index (χ1v) is 7.47.